The van der Waals surface area contributed by atoms with E-state index < -0.39 is 0 Å². The predicted molar refractivity (Wildman–Crippen MR) is 67.9 cm³/mol. The second-order valence-corrected chi connectivity index (χ2v) is 4.39. The third-order valence-electron chi connectivity index (χ3n) is 2.33. The Morgan fingerprint density at radius 1 is 1.47 bits per heavy atom. The summed E-state index contributed by atoms with van der Waals surface area (Å²) in [6, 6.07) is 5.81. The zero-order valence-electron chi connectivity index (χ0n) is 9.55. The van der Waals surface area contributed by atoms with Crippen LogP contribution < -0.4 is 5.32 Å². The van der Waals surface area contributed by atoms with Gasteiger partial charge < -0.3 is 14.6 Å². The van der Waals surface area contributed by atoms with E-state index in [4.69, 9.17) is 4.74 Å². The first-order valence-corrected chi connectivity index (χ1v) is 6.19. The Morgan fingerprint density at radius 3 is 2.94 bits per heavy atom. The van der Waals surface area contributed by atoms with E-state index in [1.165, 1.54) is 11.3 Å². The Kier molecular flexibility index (Phi) is 3.95. The van der Waals surface area contributed by atoms with Gasteiger partial charge in [0.1, 0.15) is 4.88 Å². The SMILES string of the molecule is COCCNC(=O)c1sccc1-n1cccc1. The fraction of sp³-hybridized carbons (Fsp3) is 0.250. The van der Waals surface area contributed by atoms with Crippen molar-refractivity contribution in [1.82, 2.24) is 9.88 Å². The van der Waals surface area contributed by atoms with E-state index in [0.717, 1.165) is 10.6 Å². The average Bonchev–Trinajstić information content (AvgIpc) is 2.99. The average molecular weight is 250 g/mol. The monoisotopic (exact) mass is 250 g/mol. The van der Waals surface area contributed by atoms with Crippen LogP contribution in [0.5, 0.6) is 0 Å². The van der Waals surface area contributed by atoms with Gasteiger partial charge >= 0.3 is 0 Å². The van der Waals surface area contributed by atoms with Crippen LogP contribution in [-0.4, -0.2) is 30.7 Å². The van der Waals surface area contributed by atoms with Crippen LogP contribution >= 0.6 is 11.3 Å². The van der Waals surface area contributed by atoms with Crippen molar-refractivity contribution in [2.24, 2.45) is 0 Å². The normalized spacial score (nSPS) is 10.4. The predicted octanol–water partition coefficient (Wildman–Crippen LogP) is 1.92. The maximum atomic E-state index is 11.9. The summed E-state index contributed by atoms with van der Waals surface area (Å²) in [4.78, 5) is 12.6. The van der Waals surface area contributed by atoms with Crippen LogP contribution in [0.2, 0.25) is 0 Å². The molecule has 1 amide bonds. The van der Waals surface area contributed by atoms with E-state index in [9.17, 15) is 4.79 Å². The fourth-order valence-electron chi connectivity index (χ4n) is 1.52. The first-order valence-electron chi connectivity index (χ1n) is 5.31. The highest BCUT2D eigenvalue weighted by molar-refractivity contribution is 7.12. The van der Waals surface area contributed by atoms with E-state index in [1.54, 1.807) is 7.11 Å². The molecule has 0 aliphatic rings. The van der Waals surface area contributed by atoms with Crippen molar-refractivity contribution in [3.8, 4) is 5.69 Å². The fourth-order valence-corrected chi connectivity index (χ4v) is 2.32. The number of hydrogen-bond donors (Lipinski definition) is 1. The van der Waals surface area contributed by atoms with Crippen LogP contribution in [0.15, 0.2) is 36.0 Å². The lowest BCUT2D eigenvalue weighted by molar-refractivity contribution is 0.0941. The Labute approximate surface area is 104 Å². The van der Waals surface area contributed by atoms with Gasteiger partial charge in [0.2, 0.25) is 0 Å². The van der Waals surface area contributed by atoms with Gasteiger partial charge in [0.15, 0.2) is 0 Å². The van der Waals surface area contributed by atoms with E-state index >= 15 is 0 Å². The maximum absolute atomic E-state index is 11.9. The number of carbonyl (C=O) groups excluding carboxylic acids is 1. The number of nitrogens with zero attached hydrogens (tertiary/aromatic N) is 1. The third kappa shape index (κ3) is 2.75. The number of carbonyl (C=O) groups is 1. The highest BCUT2D eigenvalue weighted by Crippen LogP contribution is 2.20. The van der Waals surface area contributed by atoms with Crippen molar-refractivity contribution in [1.29, 1.82) is 0 Å². The molecule has 0 saturated carbocycles. The molecule has 0 unspecified atom stereocenters. The molecule has 90 valence electrons. The Morgan fingerprint density at radius 2 is 2.24 bits per heavy atom. The highest BCUT2D eigenvalue weighted by Gasteiger charge is 2.13. The summed E-state index contributed by atoms with van der Waals surface area (Å²) >= 11 is 1.44. The van der Waals surface area contributed by atoms with Gasteiger partial charge in [0.25, 0.3) is 5.91 Å². The minimum atomic E-state index is -0.0549. The van der Waals surface area contributed by atoms with Crippen molar-refractivity contribution in [2.75, 3.05) is 20.3 Å². The topological polar surface area (TPSA) is 43.3 Å². The van der Waals surface area contributed by atoms with Gasteiger partial charge in [-0.05, 0) is 23.6 Å². The molecule has 1 N–H and O–H groups in total. The first kappa shape index (κ1) is 11.9. The Hall–Kier alpha value is -1.59. The second-order valence-electron chi connectivity index (χ2n) is 3.47. The van der Waals surface area contributed by atoms with Crippen molar-refractivity contribution >= 4 is 17.2 Å². The molecule has 0 bridgehead atoms. The van der Waals surface area contributed by atoms with Crippen LogP contribution in [-0.2, 0) is 4.74 Å². The lowest BCUT2D eigenvalue weighted by atomic mass is 10.3. The molecule has 2 rings (SSSR count). The van der Waals surface area contributed by atoms with Gasteiger partial charge in [-0.1, -0.05) is 0 Å². The molecule has 0 aliphatic heterocycles. The minimum Gasteiger partial charge on any atom is -0.383 e. The number of methoxy groups -OCH3 is 1. The van der Waals surface area contributed by atoms with E-state index in [-0.39, 0.29) is 5.91 Å². The zero-order chi connectivity index (χ0) is 12.1. The molecule has 2 aromatic rings. The number of amides is 1. The lowest BCUT2D eigenvalue weighted by Crippen LogP contribution is -2.26. The molecule has 4 nitrogen and oxygen atoms in total. The van der Waals surface area contributed by atoms with Gasteiger partial charge in [0.05, 0.1) is 12.3 Å². The molecule has 0 spiro atoms. The minimum absolute atomic E-state index is 0.0549. The van der Waals surface area contributed by atoms with Crippen LogP contribution in [0.4, 0.5) is 0 Å². The summed E-state index contributed by atoms with van der Waals surface area (Å²) in [5.41, 5.74) is 0.912. The quantitative estimate of drug-likeness (QED) is 0.824. The number of rotatable bonds is 5. The van der Waals surface area contributed by atoms with Gasteiger partial charge in [-0.2, -0.15) is 0 Å². The van der Waals surface area contributed by atoms with Crippen LogP contribution in [0.1, 0.15) is 9.67 Å². The van der Waals surface area contributed by atoms with Gasteiger partial charge in [-0.3, -0.25) is 4.79 Å². The molecule has 2 aromatic heterocycles. The Bertz CT molecular complexity index is 476. The number of ether oxygens (including phenoxy) is 1. The summed E-state index contributed by atoms with van der Waals surface area (Å²) in [6.45, 7) is 1.05. The third-order valence-corrected chi connectivity index (χ3v) is 3.23. The molecule has 0 radical (unpaired) electrons. The highest BCUT2D eigenvalue weighted by atomic mass is 32.1. The molecule has 0 saturated heterocycles. The van der Waals surface area contributed by atoms with E-state index in [0.29, 0.717) is 13.2 Å². The summed E-state index contributed by atoms with van der Waals surface area (Å²) < 4.78 is 6.83. The van der Waals surface area contributed by atoms with Gasteiger partial charge in [-0.15, -0.1) is 11.3 Å². The zero-order valence-corrected chi connectivity index (χ0v) is 10.4. The van der Waals surface area contributed by atoms with E-state index in [1.807, 2.05) is 40.5 Å². The molecule has 17 heavy (non-hydrogen) atoms. The summed E-state index contributed by atoms with van der Waals surface area (Å²) in [5, 5.41) is 4.74. The van der Waals surface area contributed by atoms with Crippen LogP contribution in [0.25, 0.3) is 5.69 Å². The van der Waals surface area contributed by atoms with Gasteiger partial charge in [-0.25, -0.2) is 0 Å². The van der Waals surface area contributed by atoms with Crippen molar-refractivity contribution < 1.29 is 9.53 Å². The first-order chi connectivity index (χ1) is 8.33. The van der Waals surface area contributed by atoms with Crippen LogP contribution in [0.3, 0.4) is 0 Å². The lowest BCUT2D eigenvalue weighted by Gasteiger charge is -2.06. The maximum Gasteiger partial charge on any atom is 0.263 e. The Balaban J connectivity index is 2.11. The molecule has 5 heteroatoms. The molecular formula is C12H14N2O2S. The largest absolute Gasteiger partial charge is 0.383 e. The summed E-state index contributed by atoms with van der Waals surface area (Å²) in [7, 11) is 1.61. The van der Waals surface area contributed by atoms with Crippen LogP contribution in [0, 0.1) is 0 Å². The van der Waals surface area contributed by atoms with Gasteiger partial charge in [0, 0.05) is 26.0 Å². The number of hydrogen-bond acceptors (Lipinski definition) is 3. The molecule has 0 aliphatic carbocycles. The summed E-state index contributed by atoms with van der Waals surface area (Å²) in [6.07, 6.45) is 3.85. The molecular weight excluding hydrogens is 236 g/mol. The van der Waals surface area contributed by atoms with Crippen molar-refractivity contribution in [3.05, 3.63) is 40.8 Å². The smallest absolute Gasteiger partial charge is 0.263 e. The number of thiophene rings is 1. The van der Waals surface area contributed by atoms with E-state index in [2.05, 4.69) is 5.32 Å². The molecule has 2 heterocycles. The standard InChI is InChI=1S/C12H14N2O2S/c1-16-8-5-13-12(15)11-10(4-9-17-11)14-6-2-3-7-14/h2-4,6-7,9H,5,8H2,1H3,(H,13,15). The number of nitrogens with one attached hydrogen (secondary N) is 1. The summed E-state index contributed by atoms with van der Waals surface area (Å²) in [5.74, 6) is -0.0549. The molecule has 0 aromatic carbocycles. The molecule has 0 fully saturated rings. The van der Waals surface area contributed by atoms with Crippen molar-refractivity contribution in [2.45, 2.75) is 0 Å². The second kappa shape index (κ2) is 5.65. The number of aromatic nitrogens is 1. The molecule has 0 atom stereocenters. The van der Waals surface area contributed by atoms with Crippen molar-refractivity contribution in [3.63, 3.8) is 0 Å².